The molecule has 2 aromatic rings. The number of ether oxygens (including phenoxy) is 2. The third-order valence-corrected chi connectivity index (χ3v) is 5.75. The number of carbonyl (C=O) groups is 2. The molecule has 1 aromatic heterocycles. The molecule has 0 spiro atoms. The maximum Gasteiger partial charge on any atom is 0.411 e. The molecular formula is C22H29N3O5S. The molecule has 168 valence electrons. The lowest BCUT2D eigenvalue weighted by Gasteiger charge is -2.33. The summed E-state index contributed by atoms with van der Waals surface area (Å²) in [6.45, 7) is 6.89. The Hall–Kier alpha value is -2.65. The third kappa shape index (κ3) is 6.67. The lowest BCUT2D eigenvalue weighted by molar-refractivity contribution is 0.0153. The van der Waals surface area contributed by atoms with Gasteiger partial charge < -0.3 is 19.5 Å². The van der Waals surface area contributed by atoms with Gasteiger partial charge >= 0.3 is 12.2 Å². The lowest BCUT2D eigenvalue weighted by Crippen LogP contribution is -2.42. The van der Waals surface area contributed by atoms with E-state index in [1.807, 2.05) is 39.0 Å². The molecule has 8 nitrogen and oxygen atoms in total. The Morgan fingerprint density at radius 2 is 1.97 bits per heavy atom. The molecule has 2 amide bonds. The van der Waals surface area contributed by atoms with Gasteiger partial charge in [-0.1, -0.05) is 12.1 Å². The highest BCUT2D eigenvalue weighted by atomic mass is 32.1. The van der Waals surface area contributed by atoms with Crippen LogP contribution in [0.3, 0.4) is 0 Å². The third-order valence-electron chi connectivity index (χ3n) is 4.82. The van der Waals surface area contributed by atoms with Crippen LogP contribution in [0.5, 0.6) is 0 Å². The number of carbonyl (C=O) groups excluding carboxylic acids is 2. The quantitative estimate of drug-likeness (QED) is 0.700. The molecule has 2 heterocycles. The first-order valence-electron chi connectivity index (χ1n) is 10.3. The van der Waals surface area contributed by atoms with E-state index in [0.717, 1.165) is 23.4 Å². The molecule has 1 aromatic carbocycles. The van der Waals surface area contributed by atoms with Crippen molar-refractivity contribution in [2.75, 3.05) is 25.0 Å². The molecule has 1 aliphatic rings. The molecule has 0 bridgehead atoms. The minimum absolute atomic E-state index is 0.124. The number of thiazole rings is 1. The van der Waals surface area contributed by atoms with Gasteiger partial charge in [0.05, 0.1) is 24.6 Å². The number of aliphatic hydroxyl groups excluding tert-OH is 1. The minimum Gasteiger partial charge on any atom is -0.449 e. The largest absolute Gasteiger partial charge is 0.449 e. The highest BCUT2D eigenvalue weighted by Crippen LogP contribution is 2.30. The van der Waals surface area contributed by atoms with Gasteiger partial charge in [-0.3, -0.25) is 5.32 Å². The number of aromatic nitrogens is 1. The summed E-state index contributed by atoms with van der Waals surface area (Å²) in [5, 5.41) is 14.5. The van der Waals surface area contributed by atoms with E-state index >= 15 is 0 Å². The number of nitrogens with one attached hydrogen (secondary N) is 1. The van der Waals surface area contributed by atoms with Crippen molar-refractivity contribution in [1.29, 1.82) is 0 Å². The number of para-hydroxylation sites is 1. The predicted molar refractivity (Wildman–Crippen MR) is 119 cm³/mol. The van der Waals surface area contributed by atoms with E-state index in [1.54, 1.807) is 16.3 Å². The van der Waals surface area contributed by atoms with E-state index in [0.29, 0.717) is 31.1 Å². The number of aliphatic hydroxyl groups is 1. The summed E-state index contributed by atoms with van der Waals surface area (Å²) in [6.07, 6.45) is 0.687. The van der Waals surface area contributed by atoms with Gasteiger partial charge in [-0.05, 0) is 51.7 Å². The van der Waals surface area contributed by atoms with E-state index < -0.39 is 11.7 Å². The zero-order chi connectivity index (χ0) is 22.4. The molecule has 0 atom stereocenters. The number of hydrogen-bond acceptors (Lipinski definition) is 7. The number of hydrogen-bond donors (Lipinski definition) is 2. The van der Waals surface area contributed by atoms with Crippen LogP contribution in [-0.2, 0) is 16.1 Å². The van der Waals surface area contributed by atoms with Crippen LogP contribution >= 0.6 is 11.3 Å². The number of piperidine rings is 1. The maximum atomic E-state index is 12.4. The van der Waals surface area contributed by atoms with Crippen molar-refractivity contribution in [3.8, 4) is 10.6 Å². The van der Waals surface area contributed by atoms with E-state index in [4.69, 9.17) is 9.47 Å². The van der Waals surface area contributed by atoms with Crippen LogP contribution in [-0.4, -0.2) is 52.5 Å². The van der Waals surface area contributed by atoms with Gasteiger partial charge in [0.1, 0.15) is 10.6 Å². The van der Waals surface area contributed by atoms with Gasteiger partial charge in [-0.2, -0.15) is 0 Å². The fraction of sp³-hybridized carbons (Fsp3) is 0.500. The van der Waals surface area contributed by atoms with Crippen molar-refractivity contribution < 1.29 is 24.2 Å². The zero-order valence-corrected chi connectivity index (χ0v) is 18.9. The van der Waals surface area contributed by atoms with Crippen LogP contribution in [0.25, 0.3) is 10.6 Å². The number of rotatable bonds is 5. The van der Waals surface area contributed by atoms with Gasteiger partial charge in [0.15, 0.2) is 0 Å². The molecule has 0 aliphatic carbocycles. The Morgan fingerprint density at radius 3 is 2.61 bits per heavy atom. The van der Waals surface area contributed by atoms with Gasteiger partial charge in [-0.25, -0.2) is 14.6 Å². The SMILES string of the molecule is CC(C)(C)OC(=O)N1CCC(COC(=O)Nc2ccccc2-c2nc(CO)cs2)CC1. The normalized spacial score (nSPS) is 14.9. The maximum absolute atomic E-state index is 12.4. The Kier molecular flexibility index (Phi) is 7.50. The first kappa shape index (κ1) is 23.0. The Bertz CT molecular complexity index is 901. The van der Waals surface area contributed by atoms with Crippen LogP contribution in [0.15, 0.2) is 29.6 Å². The highest BCUT2D eigenvalue weighted by Gasteiger charge is 2.27. The number of amides is 2. The molecule has 31 heavy (non-hydrogen) atoms. The second-order valence-electron chi connectivity index (χ2n) is 8.48. The summed E-state index contributed by atoms with van der Waals surface area (Å²) in [5.74, 6) is 0.200. The van der Waals surface area contributed by atoms with Gasteiger partial charge in [0.2, 0.25) is 0 Å². The molecule has 1 aliphatic heterocycles. The van der Waals surface area contributed by atoms with Gasteiger partial charge in [0.25, 0.3) is 0 Å². The summed E-state index contributed by atoms with van der Waals surface area (Å²) < 4.78 is 10.8. The van der Waals surface area contributed by atoms with Gasteiger partial charge in [-0.15, -0.1) is 11.3 Å². The summed E-state index contributed by atoms with van der Waals surface area (Å²) in [5.41, 5.74) is 1.46. The minimum atomic E-state index is -0.527. The monoisotopic (exact) mass is 447 g/mol. The Morgan fingerprint density at radius 1 is 1.26 bits per heavy atom. The topological polar surface area (TPSA) is 101 Å². The molecule has 1 fully saturated rings. The molecule has 0 radical (unpaired) electrons. The van der Waals surface area contributed by atoms with E-state index in [-0.39, 0.29) is 18.6 Å². The zero-order valence-electron chi connectivity index (χ0n) is 18.1. The van der Waals surface area contributed by atoms with Crippen molar-refractivity contribution >= 4 is 29.2 Å². The summed E-state index contributed by atoms with van der Waals surface area (Å²) in [4.78, 5) is 30.6. The van der Waals surface area contributed by atoms with Crippen LogP contribution < -0.4 is 5.32 Å². The van der Waals surface area contributed by atoms with Crippen molar-refractivity contribution in [2.45, 2.75) is 45.8 Å². The summed E-state index contributed by atoms with van der Waals surface area (Å²) in [7, 11) is 0. The molecule has 3 rings (SSSR count). The van der Waals surface area contributed by atoms with Crippen molar-refractivity contribution in [3.05, 3.63) is 35.3 Å². The first-order valence-corrected chi connectivity index (χ1v) is 11.2. The molecule has 9 heteroatoms. The molecule has 0 unspecified atom stereocenters. The fourth-order valence-electron chi connectivity index (χ4n) is 3.23. The highest BCUT2D eigenvalue weighted by molar-refractivity contribution is 7.13. The number of anilines is 1. The molecular weight excluding hydrogens is 418 g/mol. The Balaban J connectivity index is 1.48. The second kappa shape index (κ2) is 10.1. The van der Waals surface area contributed by atoms with Crippen LogP contribution in [0.1, 0.15) is 39.3 Å². The van der Waals surface area contributed by atoms with Crippen LogP contribution in [0.2, 0.25) is 0 Å². The predicted octanol–water partition coefficient (Wildman–Crippen LogP) is 4.50. The number of nitrogens with zero attached hydrogens (tertiary/aromatic N) is 2. The fourth-order valence-corrected chi connectivity index (χ4v) is 4.08. The van der Waals surface area contributed by atoms with Crippen LogP contribution in [0.4, 0.5) is 15.3 Å². The van der Waals surface area contributed by atoms with Crippen molar-refractivity contribution in [1.82, 2.24) is 9.88 Å². The van der Waals surface area contributed by atoms with E-state index in [1.165, 1.54) is 11.3 Å². The summed E-state index contributed by atoms with van der Waals surface area (Å²) >= 11 is 1.40. The van der Waals surface area contributed by atoms with Crippen LogP contribution in [0, 0.1) is 5.92 Å². The number of likely N-dealkylation sites (tertiary alicyclic amines) is 1. The number of benzene rings is 1. The smallest absolute Gasteiger partial charge is 0.411 e. The average molecular weight is 448 g/mol. The van der Waals surface area contributed by atoms with E-state index in [2.05, 4.69) is 10.3 Å². The van der Waals surface area contributed by atoms with Crippen molar-refractivity contribution in [3.63, 3.8) is 0 Å². The van der Waals surface area contributed by atoms with E-state index in [9.17, 15) is 14.7 Å². The standard InChI is InChI=1S/C22H29N3O5S/c1-22(2,3)30-21(28)25-10-8-15(9-11-25)13-29-20(27)24-18-7-5-4-6-17(18)19-23-16(12-26)14-31-19/h4-7,14-15,26H,8-13H2,1-3H3,(H,24,27). The van der Waals surface area contributed by atoms with Gasteiger partial charge in [0, 0.05) is 24.0 Å². The molecule has 1 saturated heterocycles. The first-order chi connectivity index (χ1) is 14.7. The Labute approximate surface area is 186 Å². The molecule has 0 saturated carbocycles. The second-order valence-corrected chi connectivity index (χ2v) is 9.34. The lowest BCUT2D eigenvalue weighted by atomic mass is 9.98. The molecule has 2 N–H and O–H groups in total. The summed E-state index contributed by atoms with van der Waals surface area (Å²) in [6, 6.07) is 7.34. The van der Waals surface area contributed by atoms with Crippen molar-refractivity contribution in [2.24, 2.45) is 5.92 Å². The average Bonchev–Trinajstić information content (AvgIpc) is 3.21.